The topological polar surface area (TPSA) is 61.6 Å². The van der Waals surface area contributed by atoms with Crippen molar-refractivity contribution >= 4 is 23.8 Å². The fourth-order valence-electron chi connectivity index (χ4n) is 1.41. The molecule has 1 heterocycles. The van der Waals surface area contributed by atoms with Gasteiger partial charge in [-0.15, -0.1) is 0 Å². The number of nitrogens with one attached hydrogen (secondary N) is 1. The van der Waals surface area contributed by atoms with Gasteiger partial charge < -0.3 is 0 Å². The molecule has 17 heavy (non-hydrogen) atoms. The van der Waals surface area contributed by atoms with Crippen molar-refractivity contribution in [3.8, 4) is 11.8 Å². The van der Waals surface area contributed by atoms with E-state index in [2.05, 4.69) is 4.98 Å². The van der Waals surface area contributed by atoms with Gasteiger partial charge in [-0.2, -0.15) is 5.26 Å². The Labute approximate surface area is 107 Å². The van der Waals surface area contributed by atoms with Crippen molar-refractivity contribution in [1.82, 2.24) is 9.55 Å². The summed E-state index contributed by atoms with van der Waals surface area (Å²) in [6.07, 6.45) is 1.51. The molecule has 6 heteroatoms. The average molecular weight is 264 g/mol. The summed E-state index contributed by atoms with van der Waals surface area (Å²) in [6.45, 7) is 0. The number of aromatic nitrogens is 2. The van der Waals surface area contributed by atoms with Crippen LogP contribution >= 0.6 is 23.8 Å². The fraction of sp³-hybridized carbons (Fsp3) is 0. The van der Waals surface area contributed by atoms with Crippen LogP contribution in [-0.4, -0.2) is 9.55 Å². The number of rotatable bonds is 1. The molecule has 84 valence electrons. The van der Waals surface area contributed by atoms with Gasteiger partial charge in [-0.25, -0.2) is 0 Å². The average Bonchev–Trinajstić information content (AvgIpc) is 2.29. The largest absolute Gasteiger partial charge is 0.299 e. The van der Waals surface area contributed by atoms with Gasteiger partial charge in [-0.05, 0) is 30.4 Å². The van der Waals surface area contributed by atoms with Gasteiger partial charge in [0.1, 0.15) is 6.07 Å². The van der Waals surface area contributed by atoms with E-state index in [1.807, 2.05) is 6.07 Å². The highest BCUT2D eigenvalue weighted by atomic mass is 35.5. The maximum atomic E-state index is 11.1. The van der Waals surface area contributed by atoms with E-state index in [-0.39, 0.29) is 10.3 Å². The van der Waals surface area contributed by atoms with Gasteiger partial charge >= 0.3 is 0 Å². The minimum atomic E-state index is -0.285. The molecule has 0 radical (unpaired) electrons. The van der Waals surface area contributed by atoms with E-state index >= 15 is 0 Å². The van der Waals surface area contributed by atoms with Crippen LogP contribution in [0, 0.1) is 16.1 Å². The molecule has 0 aliphatic rings. The van der Waals surface area contributed by atoms with Gasteiger partial charge in [-0.3, -0.25) is 14.3 Å². The van der Waals surface area contributed by atoms with Crippen LogP contribution in [0.5, 0.6) is 0 Å². The third-order valence-electron chi connectivity index (χ3n) is 2.16. The van der Waals surface area contributed by atoms with Crippen molar-refractivity contribution < 1.29 is 0 Å². The van der Waals surface area contributed by atoms with E-state index in [0.717, 1.165) is 0 Å². The summed E-state index contributed by atoms with van der Waals surface area (Å²) in [6, 6.07) is 8.22. The number of benzene rings is 1. The molecule has 0 aliphatic carbocycles. The predicted molar refractivity (Wildman–Crippen MR) is 66.9 cm³/mol. The molecule has 0 saturated carbocycles. The van der Waals surface area contributed by atoms with E-state index in [0.29, 0.717) is 16.3 Å². The second kappa shape index (κ2) is 4.53. The zero-order valence-electron chi connectivity index (χ0n) is 8.48. The number of H-pyrrole nitrogens is 1. The lowest BCUT2D eigenvalue weighted by Gasteiger charge is -2.08. The lowest BCUT2D eigenvalue weighted by atomic mass is 10.2. The quantitative estimate of drug-likeness (QED) is 0.804. The normalized spacial score (nSPS) is 9.88. The Balaban J connectivity index is 2.77. The zero-order valence-corrected chi connectivity index (χ0v) is 10.0. The van der Waals surface area contributed by atoms with Gasteiger partial charge in [0.2, 0.25) is 0 Å². The first kappa shape index (κ1) is 11.6. The van der Waals surface area contributed by atoms with Crippen molar-refractivity contribution in [2.24, 2.45) is 0 Å². The molecule has 1 N–H and O–H groups in total. The molecule has 0 atom stereocenters. The van der Waals surface area contributed by atoms with E-state index in [4.69, 9.17) is 29.1 Å². The smallest absolute Gasteiger partial charge is 0.251 e. The van der Waals surface area contributed by atoms with Crippen LogP contribution in [0.2, 0.25) is 5.02 Å². The van der Waals surface area contributed by atoms with Gasteiger partial charge in [0.25, 0.3) is 5.56 Å². The van der Waals surface area contributed by atoms with Gasteiger partial charge in [0.15, 0.2) is 4.77 Å². The minimum Gasteiger partial charge on any atom is -0.299 e. The molecule has 4 nitrogen and oxygen atoms in total. The minimum absolute atomic E-state index is 0.219. The van der Waals surface area contributed by atoms with Gasteiger partial charge in [0.05, 0.1) is 11.3 Å². The van der Waals surface area contributed by atoms with E-state index < -0.39 is 0 Å². The molecule has 2 aromatic rings. The SMILES string of the molecule is N#Cc1ccc(Cl)cc1-n1ccc(=O)[nH]c1=S. The molecule has 0 unspecified atom stereocenters. The monoisotopic (exact) mass is 263 g/mol. The summed E-state index contributed by atoms with van der Waals surface area (Å²) >= 11 is 10.9. The van der Waals surface area contributed by atoms with Crippen LogP contribution in [-0.2, 0) is 0 Å². The Hall–Kier alpha value is -1.90. The Morgan fingerprint density at radius 3 is 2.82 bits per heavy atom. The van der Waals surface area contributed by atoms with Crippen molar-refractivity contribution in [3.63, 3.8) is 0 Å². The molecular weight excluding hydrogens is 258 g/mol. The van der Waals surface area contributed by atoms with E-state index in [1.54, 1.807) is 18.2 Å². The molecule has 1 aromatic carbocycles. The summed E-state index contributed by atoms with van der Waals surface area (Å²) in [5.41, 5.74) is 0.686. The third kappa shape index (κ3) is 2.28. The molecule has 2 rings (SSSR count). The highest BCUT2D eigenvalue weighted by Crippen LogP contribution is 2.19. The molecule has 0 saturated heterocycles. The first-order chi connectivity index (χ1) is 8.11. The zero-order chi connectivity index (χ0) is 12.4. The Kier molecular flexibility index (Phi) is 3.09. The lowest BCUT2D eigenvalue weighted by molar-refractivity contribution is 0.934. The second-order valence-electron chi connectivity index (χ2n) is 3.25. The highest BCUT2D eigenvalue weighted by molar-refractivity contribution is 7.71. The van der Waals surface area contributed by atoms with Crippen LogP contribution in [0.25, 0.3) is 5.69 Å². The molecule has 0 spiro atoms. The summed E-state index contributed by atoms with van der Waals surface area (Å²) in [7, 11) is 0. The maximum absolute atomic E-state index is 11.1. The van der Waals surface area contributed by atoms with Crippen molar-refractivity contribution in [3.05, 3.63) is 56.2 Å². The number of halogens is 1. The molecule has 0 aliphatic heterocycles. The van der Waals surface area contributed by atoms with Crippen molar-refractivity contribution in [2.75, 3.05) is 0 Å². The molecule has 0 amide bonds. The Morgan fingerprint density at radius 1 is 1.41 bits per heavy atom. The van der Waals surface area contributed by atoms with Crippen LogP contribution in [0.3, 0.4) is 0 Å². The number of nitrogens with zero attached hydrogens (tertiary/aromatic N) is 2. The Bertz CT molecular complexity index is 726. The fourth-order valence-corrected chi connectivity index (χ4v) is 1.83. The molecule has 0 bridgehead atoms. The maximum Gasteiger partial charge on any atom is 0.251 e. The lowest BCUT2D eigenvalue weighted by Crippen LogP contribution is -2.10. The van der Waals surface area contributed by atoms with Crippen LogP contribution in [0.15, 0.2) is 35.3 Å². The predicted octanol–water partition coefficient (Wildman–Crippen LogP) is 2.42. The summed E-state index contributed by atoms with van der Waals surface area (Å²) in [5.74, 6) is 0. The molecule has 1 aromatic heterocycles. The summed E-state index contributed by atoms with van der Waals surface area (Å²) in [4.78, 5) is 13.5. The van der Waals surface area contributed by atoms with Crippen LogP contribution < -0.4 is 5.56 Å². The van der Waals surface area contributed by atoms with Gasteiger partial charge in [-0.1, -0.05) is 11.6 Å². The number of hydrogen-bond donors (Lipinski definition) is 1. The third-order valence-corrected chi connectivity index (χ3v) is 2.70. The summed E-state index contributed by atoms with van der Waals surface area (Å²) < 4.78 is 1.75. The van der Waals surface area contributed by atoms with Crippen LogP contribution in [0.4, 0.5) is 0 Å². The highest BCUT2D eigenvalue weighted by Gasteiger charge is 2.05. The van der Waals surface area contributed by atoms with Crippen molar-refractivity contribution in [1.29, 1.82) is 5.26 Å². The molecule has 0 fully saturated rings. The number of hydrogen-bond acceptors (Lipinski definition) is 3. The summed E-state index contributed by atoms with van der Waals surface area (Å²) in [5, 5.41) is 9.50. The van der Waals surface area contributed by atoms with E-state index in [9.17, 15) is 4.79 Å². The first-order valence-electron chi connectivity index (χ1n) is 4.64. The van der Waals surface area contributed by atoms with Gasteiger partial charge in [0, 0.05) is 17.3 Å². The van der Waals surface area contributed by atoms with Crippen LogP contribution in [0.1, 0.15) is 5.56 Å². The standard InChI is InChI=1S/C11H6ClN3OS/c12-8-2-1-7(6-13)9(5-8)15-4-3-10(16)14-11(15)17/h1-5H,(H,14,16,17). The Morgan fingerprint density at radius 2 is 2.18 bits per heavy atom. The molecular formula is C11H6ClN3OS. The first-order valence-corrected chi connectivity index (χ1v) is 5.42. The van der Waals surface area contributed by atoms with Crippen molar-refractivity contribution in [2.45, 2.75) is 0 Å². The second-order valence-corrected chi connectivity index (χ2v) is 4.08. The van der Waals surface area contributed by atoms with E-state index in [1.165, 1.54) is 16.8 Å². The number of nitriles is 1. The number of aromatic amines is 1.